The van der Waals surface area contributed by atoms with Crippen LogP contribution in [-0.4, -0.2) is 29.8 Å². The Balaban J connectivity index is 2.11. The lowest BCUT2D eigenvalue weighted by Gasteiger charge is -2.33. The average molecular weight is 318 g/mol. The van der Waals surface area contributed by atoms with Crippen molar-refractivity contribution in [3.05, 3.63) is 28.3 Å². The summed E-state index contributed by atoms with van der Waals surface area (Å²) in [5, 5.41) is 8.90. The van der Waals surface area contributed by atoms with E-state index in [1.54, 1.807) is 14.0 Å². The van der Waals surface area contributed by atoms with Crippen LogP contribution in [0.25, 0.3) is 6.08 Å². The van der Waals surface area contributed by atoms with Gasteiger partial charge in [-0.15, -0.1) is 0 Å². The van der Waals surface area contributed by atoms with Crippen molar-refractivity contribution in [1.29, 1.82) is 0 Å². The summed E-state index contributed by atoms with van der Waals surface area (Å²) < 4.78 is 16.7. The van der Waals surface area contributed by atoms with Gasteiger partial charge in [-0.2, -0.15) is 0 Å². The highest BCUT2D eigenvalue weighted by molar-refractivity contribution is 5.99. The third-order valence-electron chi connectivity index (χ3n) is 4.34. The molecule has 1 aromatic carbocycles. The number of carbonyl (C=O) groups is 2. The molecule has 0 aromatic heterocycles. The van der Waals surface area contributed by atoms with E-state index in [2.05, 4.69) is 0 Å². The van der Waals surface area contributed by atoms with E-state index in [0.717, 1.165) is 11.1 Å². The van der Waals surface area contributed by atoms with Crippen LogP contribution in [0.3, 0.4) is 0 Å². The number of carboxylic acid groups (broad SMARTS) is 1. The monoisotopic (exact) mass is 318 g/mol. The molecule has 3 rings (SSSR count). The van der Waals surface area contributed by atoms with Crippen molar-refractivity contribution < 1.29 is 28.9 Å². The van der Waals surface area contributed by atoms with Crippen molar-refractivity contribution in [2.75, 3.05) is 7.11 Å². The van der Waals surface area contributed by atoms with Gasteiger partial charge in [-0.3, -0.25) is 4.79 Å². The van der Waals surface area contributed by atoms with Crippen LogP contribution in [0.15, 0.2) is 6.08 Å². The van der Waals surface area contributed by atoms with E-state index in [0.29, 0.717) is 29.0 Å². The highest BCUT2D eigenvalue weighted by Gasteiger charge is 2.38. The number of cyclic esters (lactones) is 1. The molecule has 0 radical (unpaired) electrons. The first-order valence-electron chi connectivity index (χ1n) is 7.37. The van der Waals surface area contributed by atoms with Crippen molar-refractivity contribution in [1.82, 2.24) is 0 Å². The molecule has 0 bridgehead atoms. The molecular weight excluding hydrogens is 300 g/mol. The van der Waals surface area contributed by atoms with Crippen LogP contribution in [0, 0.1) is 6.92 Å². The van der Waals surface area contributed by atoms with Crippen LogP contribution in [-0.2, 0) is 16.1 Å². The predicted molar refractivity (Wildman–Crippen MR) is 81.8 cm³/mol. The number of rotatable bonds is 4. The van der Waals surface area contributed by atoms with E-state index in [1.807, 2.05) is 19.1 Å². The van der Waals surface area contributed by atoms with Crippen molar-refractivity contribution in [2.24, 2.45) is 0 Å². The molecule has 1 N–H and O–H groups in total. The Morgan fingerprint density at radius 1 is 1.48 bits per heavy atom. The van der Waals surface area contributed by atoms with Gasteiger partial charge in [0.05, 0.1) is 12.7 Å². The maximum atomic E-state index is 12.1. The number of ether oxygens (including phenoxy) is 3. The van der Waals surface area contributed by atoms with Gasteiger partial charge < -0.3 is 19.3 Å². The van der Waals surface area contributed by atoms with Gasteiger partial charge in [-0.1, -0.05) is 0 Å². The summed E-state index contributed by atoms with van der Waals surface area (Å²) in [6.45, 7) is 3.88. The van der Waals surface area contributed by atoms with E-state index >= 15 is 0 Å². The molecule has 0 saturated heterocycles. The number of esters is 1. The molecule has 23 heavy (non-hydrogen) atoms. The lowest BCUT2D eigenvalue weighted by molar-refractivity contribution is -0.137. The van der Waals surface area contributed by atoms with Gasteiger partial charge >= 0.3 is 11.9 Å². The average Bonchev–Trinajstić information content (AvgIpc) is 2.89. The highest BCUT2D eigenvalue weighted by Crippen LogP contribution is 2.47. The standard InChI is InChI=1S/C17H18O6/c1-9-11-8-22-16(20)13(11)15-10(14(9)21-3)4-6-17(2,23-15)7-5-12(18)19/h4,6H,5,7-8H2,1-3H3,(H,18,19). The molecule has 2 aliphatic heterocycles. The van der Waals surface area contributed by atoms with Crippen LogP contribution in [0.2, 0.25) is 0 Å². The SMILES string of the molecule is COc1c(C)c2c(c3c1C=CC(C)(CCC(=O)O)O3)C(=O)OC2. The van der Waals surface area contributed by atoms with Crippen molar-refractivity contribution >= 4 is 18.0 Å². The number of methoxy groups -OCH3 is 1. The third-order valence-corrected chi connectivity index (χ3v) is 4.34. The summed E-state index contributed by atoms with van der Waals surface area (Å²) in [7, 11) is 1.57. The molecule has 6 heteroatoms. The number of carbonyl (C=O) groups excluding carboxylic acids is 1. The summed E-state index contributed by atoms with van der Waals surface area (Å²) in [5.74, 6) is -0.244. The second-order valence-electron chi connectivity index (χ2n) is 5.97. The topological polar surface area (TPSA) is 82.1 Å². The Hall–Kier alpha value is -2.50. The number of hydrogen-bond donors (Lipinski definition) is 1. The van der Waals surface area contributed by atoms with E-state index in [-0.39, 0.29) is 13.0 Å². The number of benzene rings is 1. The zero-order valence-corrected chi connectivity index (χ0v) is 13.3. The maximum absolute atomic E-state index is 12.1. The summed E-state index contributed by atoms with van der Waals surface area (Å²) in [6.07, 6.45) is 3.93. The van der Waals surface area contributed by atoms with Gasteiger partial charge in [0.25, 0.3) is 0 Å². The maximum Gasteiger partial charge on any atom is 0.342 e. The van der Waals surface area contributed by atoms with E-state index in [9.17, 15) is 9.59 Å². The molecule has 1 unspecified atom stereocenters. The number of hydrogen-bond acceptors (Lipinski definition) is 5. The first-order chi connectivity index (χ1) is 10.9. The molecule has 6 nitrogen and oxygen atoms in total. The van der Waals surface area contributed by atoms with Gasteiger partial charge in [-0.05, 0) is 31.6 Å². The predicted octanol–water partition coefficient (Wildman–Crippen LogP) is 2.70. The minimum absolute atomic E-state index is 0.0220. The Bertz CT molecular complexity index is 733. The summed E-state index contributed by atoms with van der Waals surface area (Å²) >= 11 is 0. The first kappa shape index (κ1) is 15.4. The lowest BCUT2D eigenvalue weighted by Crippen LogP contribution is -2.33. The van der Waals surface area contributed by atoms with Crippen molar-refractivity contribution in [2.45, 2.75) is 38.9 Å². The zero-order chi connectivity index (χ0) is 16.8. The van der Waals surface area contributed by atoms with Gasteiger partial charge in [0.15, 0.2) is 0 Å². The molecule has 0 fully saturated rings. The Morgan fingerprint density at radius 2 is 2.22 bits per heavy atom. The van der Waals surface area contributed by atoms with Gasteiger partial charge in [0, 0.05) is 18.4 Å². The Kier molecular flexibility index (Phi) is 3.55. The summed E-state index contributed by atoms with van der Waals surface area (Å²) in [4.78, 5) is 22.9. The Labute approximate surface area is 133 Å². The number of carboxylic acids is 1. The lowest BCUT2D eigenvalue weighted by atomic mass is 9.90. The van der Waals surface area contributed by atoms with Crippen molar-refractivity contribution in [3.63, 3.8) is 0 Å². The molecule has 0 aliphatic carbocycles. The molecule has 2 aliphatic rings. The molecule has 0 spiro atoms. The second kappa shape index (κ2) is 5.30. The molecule has 122 valence electrons. The second-order valence-corrected chi connectivity index (χ2v) is 5.97. The molecule has 2 heterocycles. The van der Waals surface area contributed by atoms with Gasteiger partial charge in [0.2, 0.25) is 0 Å². The molecule has 1 aromatic rings. The largest absolute Gasteiger partial charge is 0.496 e. The quantitative estimate of drug-likeness (QED) is 0.860. The molecular formula is C17H18O6. The van der Waals surface area contributed by atoms with E-state index < -0.39 is 17.5 Å². The first-order valence-corrected chi connectivity index (χ1v) is 7.37. The molecule has 1 atom stereocenters. The number of fused-ring (bicyclic) bond motifs is 3. The zero-order valence-electron chi connectivity index (χ0n) is 13.3. The molecule has 0 amide bonds. The fourth-order valence-electron chi connectivity index (χ4n) is 3.04. The van der Waals surface area contributed by atoms with Crippen LogP contribution >= 0.6 is 0 Å². The summed E-state index contributed by atoms with van der Waals surface area (Å²) in [6, 6.07) is 0. The van der Waals surface area contributed by atoms with Gasteiger partial charge in [-0.25, -0.2) is 4.79 Å². The minimum atomic E-state index is -0.889. The van der Waals surface area contributed by atoms with Crippen LogP contribution in [0.4, 0.5) is 0 Å². The van der Waals surface area contributed by atoms with Crippen LogP contribution in [0.5, 0.6) is 11.5 Å². The third kappa shape index (κ3) is 2.44. The van der Waals surface area contributed by atoms with E-state index in [4.69, 9.17) is 19.3 Å². The fourth-order valence-corrected chi connectivity index (χ4v) is 3.04. The van der Waals surface area contributed by atoms with E-state index in [1.165, 1.54) is 0 Å². The van der Waals surface area contributed by atoms with Crippen LogP contribution in [0.1, 0.15) is 46.8 Å². The highest BCUT2D eigenvalue weighted by atomic mass is 16.5. The normalized spacial score (nSPS) is 21.3. The minimum Gasteiger partial charge on any atom is -0.496 e. The summed E-state index contributed by atoms with van der Waals surface area (Å²) in [5.41, 5.74) is 1.94. The van der Waals surface area contributed by atoms with Gasteiger partial charge in [0.1, 0.15) is 29.3 Å². The molecule has 0 saturated carbocycles. The Morgan fingerprint density at radius 3 is 2.87 bits per heavy atom. The smallest absolute Gasteiger partial charge is 0.342 e. The fraction of sp³-hybridized carbons (Fsp3) is 0.412. The van der Waals surface area contributed by atoms with Crippen molar-refractivity contribution in [3.8, 4) is 11.5 Å². The number of aliphatic carboxylic acids is 1. The van der Waals surface area contributed by atoms with Crippen LogP contribution < -0.4 is 9.47 Å².